The van der Waals surface area contributed by atoms with Crippen LogP contribution in [0, 0.1) is 0 Å². The monoisotopic (exact) mass is 403 g/mol. The molecule has 0 radical (unpaired) electrons. The molecule has 7 nitrogen and oxygen atoms in total. The second-order valence-corrected chi connectivity index (χ2v) is 6.41. The van der Waals surface area contributed by atoms with Crippen LogP contribution in [0.2, 0.25) is 0 Å². The molecule has 3 rings (SSSR count). The van der Waals surface area contributed by atoms with Gasteiger partial charge in [-0.1, -0.05) is 13.0 Å². The molecule has 2 amide bonds. The zero-order valence-corrected chi connectivity index (χ0v) is 16.4. The van der Waals surface area contributed by atoms with Crippen molar-refractivity contribution < 1.29 is 19.1 Å². The minimum atomic E-state index is -0.346. The van der Waals surface area contributed by atoms with E-state index in [1.54, 1.807) is 80.0 Å². The Labute approximate surface area is 174 Å². The van der Waals surface area contributed by atoms with Gasteiger partial charge in [0.05, 0.1) is 0 Å². The second kappa shape index (κ2) is 9.97. The summed E-state index contributed by atoms with van der Waals surface area (Å²) < 4.78 is 5.46. The first-order chi connectivity index (χ1) is 14.5. The van der Waals surface area contributed by atoms with Crippen LogP contribution in [0.1, 0.15) is 34.1 Å². The molecular weight excluding hydrogens is 382 g/mol. The predicted octanol–water partition coefficient (Wildman–Crippen LogP) is 3.94. The fourth-order valence-electron chi connectivity index (χ4n) is 2.67. The molecule has 0 aliphatic carbocycles. The van der Waals surface area contributed by atoms with Crippen LogP contribution in [0.3, 0.4) is 0 Å². The number of nitrogens with one attached hydrogen (secondary N) is 2. The van der Waals surface area contributed by atoms with E-state index in [1.807, 2.05) is 0 Å². The number of hydrogen-bond donors (Lipinski definition) is 2. The Kier molecular flexibility index (Phi) is 6.89. The van der Waals surface area contributed by atoms with Crippen LogP contribution in [-0.4, -0.2) is 29.2 Å². The van der Waals surface area contributed by atoms with Gasteiger partial charge in [-0.2, -0.15) is 0 Å². The molecule has 7 heteroatoms. The van der Waals surface area contributed by atoms with E-state index in [0.29, 0.717) is 34.7 Å². The van der Waals surface area contributed by atoms with Crippen molar-refractivity contribution in [1.29, 1.82) is 0 Å². The van der Waals surface area contributed by atoms with Crippen molar-refractivity contribution in [2.75, 3.05) is 17.2 Å². The third-order valence-corrected chi connectivity index (χ3v) is 4.21. The van der Waals surface area contributed by atoms with Gasteiger partial charge in [0.2, 0.25) is 0 Å². The Morgan fingerprint density at radius 2 is 1.53 bits per heavy atom. The lowest BCUT2D eigenvalue weighted by Crippen LogP contribution is -2.20. The van der Waals surface area contributed by atoms with Crippen molar-refractivity contribution in [1.82, 2.24) is 4.98 Å². The van der Waals surface area contributed by atoms with E-state index in [9.17, 15) is 14.4 Å². The van der Waals surface area contributed by atoms with Crippen LogP contribution >= 0.6 is 0 Å². The summed E-state index contributed by atoms with van der Waals surface area (Å²) in [6, 6.07) is 16.7. The number of nitrogens with zero attached hydrogens (tertiary/aromatic N) is 1. The highest BCUT2D eigenvalue weighted by atomic mass is 16.5. The molecule has 2 aromatic carbocycles. The number of carbonyl (C=O) groups excluding carboxylic acids is 3. The van der Waals surface area contributed by atoms with E-state index >= 15 is 0 Å². The van der Waals surface area contributed by atoms with Crippen LogP contribution in [-0.2, 0) is 4.79 Å². The van der Waals surface area contributed by atoms with Crippen LogP contribution in [0.25, 0.3) is 0 Å². The maximum Gasteiger partial charge on any atom is 0.262 e. The van der Waals surface area contributed by atoms with Gasteiger partial charge in [-0.3, -0.25) is 19.4 Å². The number of pyridine rings is 1. The van der Waals surface area contributed by atoms with Crippen LogP contribution in [0.4, 0.5) is 11.4 Å². The van der Waals surface area contributed by atoms with E-state index in [2.05, 4.69) is 15.6 Å². The zero-order valence-electron chi connectivity index (χ0n) is 16.4. The van der Waals surface area contributed by atoms with Gasteiger partial charge in [-0.15, -0.1) is 0 Å². The summed E-state index contributed by atoms with van der Waals surface area (Å²) in [5, 5.41) is 5.50. The summed E-state index contributed by atoms with van der Waals surface area (Å²) in [7, 11) is 0. The van der Waals surface area contributed by atoms with E-state index in [4.69, 9.17) is 4.74 Å². The number of rotatable bonds is 8. The second-order valence-electron chi connectivity index (χ2n) is 6.41. The minimum absolute atomic E-state index is 0.0511. The smallest absolute Gasteiger partial charge is 0.262 e. The molecule has 1 aromatic heterocycles. The van der Waals surface area contributed by atoms with E-state index < -0.39 is 0 Å². The topological polar surface area (TPSA) is 97.4 Å². The first-order valence-electron chi connectivity index (χ1n) is 9.42. The SMILES string of the molecule is CCC(=O)c1ccc(OCC(=O)Nc2cccc(NC(=O)c3ccncc3)c2)cc1. The van der Waals surface area contributed by atoms with Crippen molar-refractivity contribution in [2.45, 2.75) is 13.3 Å². The lowest BCUT2D eigenvalue weighted by atomic mass is 10.1. The molecule has 3 aromatic rings. The summed E-state index contributed by atoms with van der Waals surface area (Å²) in [4.78, 5) is 39.9. The molecule has 0 saturated heterocycles. The van der Waals surface area contributed by atoms with Crippen LogP contribution in [0.5, 0.6) is 5.75 Å². The lowest BCUT2D eigenvalue weighted by molar-refractivity contribution is -0.118. The number of carbonyl (C=O) groups is 3. The molecule has 2 N–H and O–H groups in total. The first kappa shape index (κ1) is 20.7. The maximum absolute atomic E-state index is 12.2. The third kappa shape index (κ3) is 5.75. The Morgan fingerprint density at radius 1 is 0.867 bits per heavy atom. The van der Waals surface area contributed by atoms with Crippen molar-refractivity contribution in [3.05, 3.63) is 84.2 Å². The fraction of sp³-hybridized carbons (Fsp3) is 0.130. The average molecular weight is 403 g/mol. The van der Waals surface area contributed by atoms with Crippen molar-refractivity contribution in [3.8, 4) is 5.75 Å². The van der Waals surface area contributed by atoms with Gasteiger partial charge < -0.3 is 15.4 Å². The van der Waals surface area contributed by atoms with E-state index in [-0.39, 0.29) is 24.2 Å². The van der Waals surface area contributed by atoms with Crippen molar-refractivity contribution in [3.63, 3.8) is 0 Å². The van der Waals surface area contributed by atoms with Gasteiger partial charge >= 0.3 is 0 Å². The van der Waals surface area contributed by atoms with Crippen molar-refractivity contribution >= 4 is 29.0 Å². The Bertz CT molecular complexity index is 1030. The standard InChI is InChI=1S/C23H21N3O4/c1-2-21(27)16-6-8-20(9-7-16)30-15-22(28)25-18-4-3-5-19(14-18)26-23(29)17-10-12-24-13-11-17/h3-14H,2,15H2,1H3,(H,25,28)(H,26,29). The van der Waals surface area contributed by atoms with Crippen molar-refractivity contribution in [2.24, 2.45) is 0 Å². The Hall–Kier alpha value is -4.00. The maximum atomic E-state index is 12.2. The molecule has 0 spiro atoms. The van der Waals surface area contributed by atoms with Gasteiger partial charge in [0.15, 0.2) is 12.4 Å². The molecule has 0 atom stereocenters. The predicted molar refractivity (Wildman–Crippen MR) is 114 cm³/mol. The third-order valence-electron chi connectivity index (χ3n) is 4.21. The molecule has 30 heavy (non-hydrogen) atoms. The molecule has 1 heterocycles. The molecule has 0 unspecified atom stereocenters. The van der Waals surface area contributed by atoms with E-state index in [1.165, 1.54) is 0 Å². The van der Waals surface area contributed by atoms with Gasteiger partial charge in [-0.25, -0.2) is 0 Å². The number of aromatic nitrogens is 1. The minimum Gasteiger partial charge on any atom is -0.484 e. The number of amides is 2. The number of Topliss-reactive ketones (excluding diaryl/α,β-unsaturated/α-hetero) is 1. The number of anilines is 2. The zero-order chi connectivity index (χ0) is 21.3. The number of benzene rings is 2. The quantitative estimate of drug-likeness (QED) is 0.555. The number of hydrogen-bond acceptors (Lipinski definition) is 5. The van der Waals surface area contributed by atoms with Crippen LogP contribution in [0.15, 0.2) is 73.1 Å². The van der Waals surface area contributed by atoms with Gasteiger partial charge in [0, 0.05) is 41.3 Å². The Morgan fingerprint density at radius 3 is 2.20 bits per heavy atom. The molecule has 0 saturated carbocycles. The van der Waals surface area contributed by atoms with Gasteiger partial charge in [0.25, 0.3) is 11.8 Å². The molecule has 0 fully saturated rings. The molecule has 0 aliphatic heterocycles. The highest BCUT2D eigenvalue weighted by Crippen LogP contribution is 2.17. The summed E-state index contributed by atoms with van der Waals surface area (Å²) in [5.74, 6) is -0.0677. The molecular formula is C23H21N3O4. The normalized spacial score (nSPS) is 10.2. The highest BCUT2D eigenvalue weighted by molar-refractivity contribution is 6.04. The molecule has 0 aliphatic rings. The fourth-order valence-corrected chi connectivity index (χ4v) is 2.67. The number of ketones is 1. The largest absolute Gasteiger partial charge is 0.484 e. The Balaban J connectivity index is 1.53. The summed E-state index contributed by atoms with van der Waals surface area (Å²) in [5.41, 5.74) is 2.17. The summed E-state index contributed by atoms with van der Waals surface area (Å²) in [6.07, 6.45) is 3.52. The summed E-state index contributed by atoms with van der Waals surface area (Å²) in [6.45, 7) is 1.62. The van der Waals surface area contributed by atoms with E-state index in [0.717, 1.165) is 0 Å². The van der Waals surface area contributed by atoms with Crippen LogP contribution < -0.4 is 15.4 Å². The lowest BCUT2D eigenvalue weighted by Gasteiger charge is -2.10. The van der Waals surface area contributed by atoms with Gasteiger partial charge in [-0.05, 0) is 54.6 Å². The van der Waals surface area contributed by atoms with Gasteiger partial charge in [0.1, 0.15) is 5.75 Å². The summed E-state index contributed by atoms with van der Waals surface area (Å²) >= 11 is 0. The highest BCUT2D eigenvalue weighted by Gasteiger charge is 2.08. The first-order valence-corrected chi connectivity index (χ1v) is 9.42. The average Bonchev–Trinajstić information content (AvgIpc) is 2.78. The molecule has 152 valence electrons. The number of ether oxygens (including phenoxy) is 1. The molecule has 0 bridgehead atoms.